The van der Waals surface area contributed by atoms with Crippen molar-refractivity contribution in [2.75, 3.05) is 18.8 Å². The Bertz CT molecular complexity index is 538. The Morgan fingerprint density at radius 3 is 2.52 bits per heavy atom. The number of piperidine rings is 1. The number of likely N-dealkylation sites (tertiary alicyclic amines) is 1. The zero-order chi connectivity index (χ0) is 15.4. The van der Waals surface area contributed by atoms with Crippen LogP contribution in [0.15, 0.2) is 18.2 Å². The lowest BCUT2D eigenvalue weighted by molar-refractivity contribution is -0.138. The van der Waals surface area contributed by atoms with Gasteiger partial charge in [-0.3, -0.25) is 4.79 Å². The van der Waals surface area contributed by atoms with E-state index < -0.39 is 12.1 Å². The standard InChI is InChI=1S/C15H20N2O4/c1-10(14(18)17-7-3-2-4-8-17)21-11-5-6-12(15(19)20)13(16)9-11/h5-6,9-10H,2-4,7-8,16H2,1H3,(H,19,20). The molecule has 1 unspecified atom stereocenters. The number of carboxylic acid groups (broad SMARTS) is 1. The number of carbonyl (C=O) groups excluding carboxylic acids is 1. The molecule has 1 aliphatic rings. The predicted octanol–water partition coefficient (Wildman–Crippen LogP) is 1.75. The molecule has 1 aromatic carbocycles. The minimum atomic E-state index is -1.09. The van der Waals surface area contributed by atoms with E-state index in [0.29, 0.717) is 5.75 Å². The van der Waals surface area contributed by atoms with Crippen LogP contribution >= 0.6 is 0 Å². The van der Waals surface area contributed by atoms with Crippen LogP contribution in [0.3, 0.4) is 0 Å². The average molecular weight is 292 g/mol. The molecular formula is C15H20N2O4. The molecule has 0 saturated carbocycles. The van der Waals surface area contributed by atoms with Gasteiger partial charge in [-0.2, -0.15) is 0 Å². The third-order valence-corrected chi connectivity index (χ3v) is 3.58. The molecule has 114 valence electrons. The summed E-state index contributed by atoms with van der Waals surface area (Å²) < 4.78 is 5.58. The maximum absolute atomic E-state index is 12.2. The predicted molar refractivity (Wildman–Crippen MR) is 78.3 cm³/mol. The van der Waals surface area contributed by atoms with E-state index in [9.17, 15) is 9.59 Å². The summed E-state index contributed by atoms with van der Waals surface area (Å²) in [4.78, 5) is 24.9. The summed E-state index contributed by atoms with van der Waals surface area (Å²) in [6.45, 7) is 3.23. The lowest BCUT2D eigenvalue weighted by Crippen LogP contribution is -2.43. The van der Waals surface area contributed by atoms with Gasteiger partial charge in [0.15, 0.2) is 6.10 Å². The summed E-state index contributed by atoms with van der Waals surface area (Å²) in [6.07, 6.45) is 2.60. The van der Waals surface area contributed by atoms with E-state index in [2.05, 4.69) is 0 Å². The topological polar surface area (TPSA) is 92.9 Å². The molecule has 0 spiro atoms. The zero-order valence-electron chi connectivity index (χ0n) is 12.0. The molecule has 6 heteroatoms. The molecule has 1 saturated heterocycles. The molecule has 1 heterocycles. The van der Waals surface area contributed by atoms with Gasteiger partial charge in [0, 0.05) is 24.8 Å². The summed E-state index contributed by atoms with van der Waals surface area (Å²) in [5, 5.41) is 8.92. The lowest BCUT2D eigenvalue weighted by Gasteiger charge is -2.29. The number of amides is 1. The molecule has 0 radical (unpaired) electrons. The number of hydrogen-bond donors (Lipinski definition) is 2. The largest absolute Gasteiger partial charge is 0.481 e. The van der Waals surface area contributed by atoms with Crippen LogP contribution in [0.2, 0.25) is 0 Å². The van der Waals surface area contributed by atoms with Crippen molar-refractivity contribution < 1.29 is 19.4 Å². The summed E-state index contributed by atoms with van der Waals surface area (Å²) in [7, 11) is 0. The van der Waals surface area contributed by atoms with E-state index >= 15 is 0 Å². The highest BCUT2D eigenvalue weighted by atomic mass is 16.5. The van der Waals surface area contributed by atoms with Crippen LogP contribution in [-0.2, 0) is 4.79 Å². The van der Waals surface area contributed by atoms with Crippen molar-refractivity contribution >= 4 is 17.6 Å². The van der Waals surface area contributed by atoms with Crippen LogP contribution in [0.25, 0.3) is 0 Å². The number of ether oxygens (including phenoxy) is 1. The smallest absolute Gasteiger partial charge is 0.337 e. The lowest BCUT2D eigenvalue weighted by atomic mass is 10.1. The highest BCUT2D eigenvalue weighted by molar-refractivity contribution is 5.93. The van der Waals surface area contributed by atoms with E-state index in [0.717, 1.165) is 32.4 Å². The van der Waals surface area contributed by atoms with Gasteiger partial charge in [0.2, 0.25) is 0 Å². The fourth-order valence-electron chi connectivity index (χ4n) is 2.43. The first kappa shape index (κ1) is 15.2. The third kappa shape index (κ3) is 3.65. The van der Waals surface area contributed by atoms with Gasteiger partial charge in [-0.25, -0.2) is 4.79 Å². The zero-order valence-corrected chi connectivity index (χ0v) is 12.0. The van der Waals surface area contributed by atoms with Gasteiger partial charge in [-0.05, 0) is 38.3 Å². The maximum Gasteiger partial charge on any atom is 0.337 e. The maximum atomic E-state index is 12.2. The van der Waals surface area contributed by atoms with Crippen LogP contribution in [0.1, 0.15) is 36.5 Å². The number of nitrogen functional groups attached to an aromatic ring is 1. The Morgan fingerprint density at radius 1 is 1.29 bits per heavy atom. The molecule has 3 N–H and O–H groups in total. The normalized spacial score (nSPS) is 16.3. The summed E-state index contributed by atoms with van der Waals surface area (Å²) >= 11 is 0. The Hall–Kier alpha value is -2.24. The van der Waals surface area contributed by atoms with Crippen LogP contribution in [-0.4, -0.2) is 41.1 Å². The highest BCUT2D eigenvalue weighted by Gasteiger charge is 2.23. The first-order valence-electron chi connectivity index (χ1n) is 7.07. The van der Waals surface area contributed by atoms with E-state index in [1.54, 1.807) is 6.92 Å². The molecule has 0 aromatic heterocycles. The van der Waals surface area contributed by atoms with Crippen LogP contribution in [0, 0.1) is 0 Å². The Balaban J connectivity index is 2.01. The molecule has 1 aliphatic heterocycles. The minimum Gasteiger partial charge on any atom is -0.481 e. The van der Waals surface area contributed by atoms with Crippen LogP contribution in [0.4, 0.5) is 5.69 Å². The molecule has 0 aliphatic carbocycles. The fraction of sp³-hybridized carbons (Fsp3) is 0.467. The highest BCUT2D eigenvalue weighted by Crippen LogP contribution is 2.21. The quantitative estimate of drug-likeness (QED) is 0.825. The number of aromatic carboxylic acids is 1. The Labute approximate surface area is 123 Å². The van der Waals surface area contributed by atoms with Crippen molar-refractivity contribution in [3.05, 3.63) is 23.8 Å². The SMILES string of the molecule is CC(Oc1ccc(C(=O)O)c(N)c1)C(=O)N1CCCCC1. The number of anilines is 1. The number of carboxylic acids is 1. The number of hydrogen-bond acceptors (Lipinski definition) is 4. The van der Waals surface area contributed by atoms with E-state index in [-0.39, 0.29) is 17.2 Å². The Kier molecular flexibility index (Phi) is 4.67. The van der Waals surface area contributed by atoms with Gasteiger partial charge in [0.25, 0.3) is 5.91 Å². The van der Waals surface area contributed by atoms with Crippen LogP contribution in [0.5, 0.6) is 5.75 Å². The number of benzene rings is 1. The second kappa shape index (κ2) is 6.47. The average Bonchev–Trinajstić information content (AvgIpc) is 2.47. The van der Waals surface area contributed by atoms with Crippen molar-refractivity contribution in [1.29, 1.82) is 0 Å². The second-order valence-electron chi connectivity index (χ2n) is 5.20. The minimum absolute atomic E-state index is 0.0253. The number of carbonyl (C=O) groups is 2. The van der Waals surface area contributed by atoms with E-state index in [1.807, 2.05) is 4.90 Å². The summed E-state index contributed by atoms with van der Waals surface area (Å²) in [5.74, 6) is -0.734. The Morgan fingerprint density at radius 2 is 1.95 bits per heavy atom. The molecule has 0 bridgehead atoms. The van der Waals surface area contributed by atoms with Gasteiger partial charge < -0.3 is 20.5 Å². The van der Waals surface area contributed by atoms with E-state index in [4.69, 9.17) is 15.6 Å². The molecule has 2 rings (SSSR count). The van der Waals surface area contributed by atoms with Crippen LogP contribution < -0.4 is 10.5 Å². The van der Waals surface area contributed by atoms with Crippen molar-refractivity contribution in [2.45, 2.75) is 32.3 Å². The third-order valence-electron chi connectivity index (χ3n) is 3.58. The molecule has 21 heavy (non-hydrogen) atoms. The van der Waals surface area contributed by atoms with Crippen molar-refractivity contribution in [1.82, 2.24) is 4.90 Å². The number of nitrogens with zero attached hydrogens (tertiary/aromatic N) is 1. The molecule has 1 aromatic rings. The fourth-order valence-corrected chi connectivity index (χ4v) is 2.43. The molecule has 1 fully saturated rings. The van der Waals surface area contributed by atoms with E-state index in [1.165, 1.54) is 18.2 Å². The van der Waals surface area contributed by atoms with Gasteiger partial charge in [0.05, 0.1) is 5.56 Å². The molecular weight excluding hydrogens is 272 g/mol. The molecule has 1 atom stereocenters. The number of nitrogens with two attached hydrogens (primary N) is 1. The second-order valence-corrected chi connectivity index (χ2v) is 5.20. The monoisotopic (exact) mass is 292 g/mol. The van der Waals surface area contributed by atoms with Gasteiger partial charge in [-0.15, -0.1) is 0 Å². The first-order chi connectivity index (χ1) is 9.99. The first-order valence-corrected chi connectivity index (χ1v) is 7.07. The van der Waals surface area contributed by atoms with Crippen molar-refractivity contribution in [3.8, 4) is 5.75 Å². The van der Waals surface area contributed by atoms with Crippen molar-refractivity contribution in [3.63, 3.8) is 0 Å². The summed E-state index contributed by atoms with van der Waals surface area (Å²) in [5.41, 5.74) is 5.81. The van der Waals surface area contributed by atoms with Gasteiger partial charge >= 0.3 is 5.97 Å². The molecule has 1 amide bonds. The summed E-state index contributed by atoms with van der Waals surface area (Å²) in [6, 6.07) is 4.33. The van der Waals surface area contributed by atoms with Crippen molar-refractivity contribution in [2.24, 2.45) is 0 Å². The number of rotatable bonds is 4. The molecule has 6 nitrogen and oxygen atoms in total. The van der Waals surface area contributed by atoms with Gasteiger partial charge in [-0.1, -0.05) is 0 Å². The van der Waals surface area contributed by atoms with Gasteiger partial charge in [0.1, 0.15) is 5.75 Å².